The third kappa shape index (κ3) is 4.30. The van der Waals surface area contributed by atoms with E-state index in [2.05, 4.69) is 5.32 Å². The Labute approximate surface area is 172 Å². The minimum absolute atomic E-state index is 0.178. The first-order chi connectivity index (χ1) is 13.8. The number of benzene rings is 1. The molecule has 0 aromatic heterocycles. The lowest BCUT2D eigenvalue weighted by atomic mass is 9.85. The standard InChI is InChI=1S/C20H18ClN3O5/c1-11(18(26)23-13-7-6-12(9-22)16(21)8-13)29-17(25)10-24-19(27)14-4-2-3-5-15(14)20(24)28/h2-3,6-8,11,14-15H,4-5,10H2,1H3,(H,23,26)/t11-,14-,15-/m0/s1. The van der Waals surface area contributed by atoms with Gasteiger partial charge in [-0.3, -0.25) is 24.1 Å². The topological polar surface area (TPSA) is 117 Å². The number of amides is 3. The monoisotopic (exact) mass is 415 g/mol. The van der Waals surface area contributed by atoms with Crippen molar-refractivity contribution in [3.8, 4) is 6.07 Å². The van der Waals surface area contributed by atoms with Gasteiger partial charge in [0.05, 0.1) is 22.4 Å². The van der Waals surface area contributed by atoms with Gasteiger partial charge in [0.15, 0.2) is 6.10 Å². The highest BCUT2D eigenvalue weighted by Gasteiger charge is 2.47. The Morgan fingerprint density at radius 1 is 1.28 bits per heavy atom. The number of anilines is 1. The Bertz CT molecular complexity index is 926. The van der Waals surface area contributed by atoms with E-state index in [4.69, 9.17) is 21.6 Å². The zero-order chi connectivity index (χ0) is 21.1. The highest BCUT2D eigenvalue weighted by molar-refractivity contribution is 6.32. The molecular weight excluding hydrogens is 398 g/mol. The summed E-state index contributed by atoms with van der Waals surface area (Å²) in [6.07, 6.45) is 3.51. The summed E-state index contributed by atoms with van der Waals surface area (Å²) >= 11 is 5.92. The molecule has 0 bridgehead atoms. The molecule has 3 amide bonds. The number of carbonyl (C=O) groups excluding carboxylic acids is 4. The molecule has 8 nitrogen and oxygen atoms in total. The minimum atomic E-state index is -1.16. The molecular formula is C20H18ClN3O5. The van der Waals surface area contributed by atoms with Crippen LogP contribution in [-0.4, -0.2) is 41.2 Å². The maximum atomic E-state index is 12.4. The largest absolute Gasteiger partial charge is 0.451 e. The van der Waals surface area contributed by atoms with Crippen molar-refractivity contribution < 1.29 is 23.9 Å². The van der Waals surface area contributed by atoms with Crippen LogP contribution >= 0.6 is 11.6 Å². The van der Waals surface area contributed by atoms with E-state index in [0.717, 1.165) is 4.90 Å². The van der Waals surface area contributed by atoms with E-state index >= 15 is 0 Å². The van der Waals surface area contributed by atoms with Crippen molar-refractivity contribution >= 4 is 41.0 Å². The Hall–Kier alpha value is -3.18. The van der Waals surface area contributed by atoms with Gasteiger partial charge >= 0.3 is 5.97 Å². The molecule has 1 N–H and O–H groups in total. The van der Waals surface area contributed by atoms with Gasteiger partial charge in [0.1, 0.15) is 12.6 Å². The maximum absolute atomic E-state index is 12.4. The molecule has 3 rings (SSSR count). The molecule has 1 heterocycles. The zero-order valence-electron chi connectivity index (χ0n) is 15.6. The van der Waals surface area contributed by atoms with Crippen molar-refractivity contribution in [3.63, 3.8) is 0 Å². The number of nitriles is 1. The van der Waals surface area contributed by atoms with Crippen molar-refractivity contribution in [2.75, 3.05) is 11.9 Å². The van der Waals surface area contributed by atoms with Gasteiger partial charge in [0.2, 0.25) is 11.8 Å². The molecule has 0 radical (unpaired) electrons. The first-order valence-corrected chi connectivity index (χ1v) is 9.39. The summed E-state index contributed by atoms with van der Waals surface area (Å²) in [7, 11) is 0. The third-order valence-corrected chi connectivity index (χ3v) is 5.23. The molecule has 2 aliphatic rings. The van der Waals surface area contributed by atoms with Crippen molar-refractivity contribution in [3.05, 3.63) is 40.9 Å². The van der Waals surface area contributed by atoms with Gasteiger partial charge in [-0.15, -0.1) is 0 Å². The molecule has 1 aromatic carbocycles. The average molecular weight is 416 g/mol. The predicted molar refractivity (Wildman–Crippen MR) is 102 cm³/mol. The van der Waals surface area contributed by atoms with E-state index in [-0.39, 0.29) is 22.4 Å². The number of nitrogens with zero attached hydrogens (tertiary/aromatic N) is 2. The van der Waals surface area contributed by atoms with Gasteiger partial charge in [-0.1, -0.05) is 23.8 Å². The molecule has 1 fully saturated rings. The smallest absolute Gasteiger partial charge is 0.326 e. The number of rotatable bonds is 5. The molecule has 1 aliphatic carbocycles. The Balaban J connectivity index is 1.56. The first kappa shape index (κ1) is 20.6. The van der Waals surface area contributed by atoms with Crippen LogP contribution in [0.4, 0.5) is 5.69 Å². The van der Waals surface area contributed by atoms with Crippen molar-refractivity contribution in [1.29, 1.82) is 5.26 Å². The van der Waals surface area contributed by atoms with Crippen LogP contribution in [0.15, 0.2) is 30.4 Å². The van der Waals surface area contributed by atoms with Gasteiger partial charge in [0, 0.05) is 5.69 Å². The predicted octanol–water partition coefficient (Wildman–Crippen LogP) is 2.03. The van der Waals surface area contributed by atoms with E-state index in [0.29, 0.717) is 18.5 Å². The second-order valence-corrected chi connectivity index (χ2v) is 7.25. The molecule has 29 heavy (non-hydrogen) atoms. The molecule has 1 aromatic rings. The summed E-state index contributed by atoms with van der Waals surface area (Å²) < 4.78 is 5.07. The lowest BCUT2D eigenvalue weighted by Crippen LogP contribution is -2.39. The molecule has 9 heteroatoms. The van der Waals surface area contributed by atoms with Crippen molar-refractivity contribution in [2.24, 2.45) is 11.8 Å². The molecule has 1 saturated heterocycles. The number of fused-ring (bicyclic) bond motifs is 1. The van der Waals surface area contributed by atoms with E-state index in [9.17, 15) is 19.2 Å². The second-order valence-electron chi connectivity index (χ2n) is 6.85. The number of esters is 1. The lowest BCUT2D eigenvalue weighted by Gasteiger charge is -2.17. The van der Waals surface area contributed by atoms with Gasteiger partial charge in [0.25, 0.3) is 5.91 Å². The Morgan fingerprint density at radius 3 is 2.45 bits per heavy atom. The number of ether oxygens (including phenoxy) is 1. The van der Waals surface area contributed by atoms with Gasteiger partial charge in [-0.05, 0) is 38.0 Å². The van der Waals surface area contributed by atoms with E-state index in [1.54, 1.807) is 0 Å². The summed E-state index contributed by atoms with van der Waals surface area (Å²) in [6.45, 7) is 0.848. The molecule has 3 atom stereocenters. The lowest BCUT2D eigenvalue weighted by molar-refractivity contribution is -0.158. The molecule has 0 spiro atoms. The van der Waals surface area contributed by atoms with Gasteiger partial charge < -0.3 is 10.1 Å². The summed E-state index contributed by atoms with van der Waals surface area (Å²) in [6, 6.07) is 6.26. The van der Waals surface area contributed by atoms with Crippen molar-refractivity contribution in [2.45, 2.75) is 25.9 Å². The van der Waals surface area contributed by atoms with Crippen molar-refractivity contribution in [1.82, 2.24) is 4.90 Å². The summed E-state index contributed by atoms with van der Waals surface area (Å²) in [5.74, 6) is -3.09. The third-order valence-electron chi connectivity index (χ3n) is 4.92. The number of allylic oxidation sites excluding steroid dienone is 2. The number of carbonyl (C=O) groups is 4. The number of nitrogens with one attached hydrogen (secondary N) is 1. The van der Waals surface area contributed by atoms with E-state index < -0.39 is 36.4 Å². The van der Waals surface area contributed by atoms with Gasteiger partial charge in [-0.25, -0.2) is 0 Å². The van der Waals surface area contributed by atoms with Crippen LogP contribution < -0.4 is 5.32 Å². The summed E-state index contributed by atoms with van der Waals surface area (Å²) in [5.41, 5.74) is 0.600. The summed E-state index contributed by atoms with van der Waals surface area (Å²) in [4.78, 5) is 50.1. The SMILES string of the molecule is C[C@H](OC(=O)CN1C(=O)[C@H]2CC=CC[C@@H]2C1=O)C(=O)Nc1ccc(C#N)c(Cl)c1. The van der Waals surface area contributed by atoms with Crippen LogP contribution in [-0.2, 0) is 23.9 Å². The second kappa shape index (κ2) is 8.45. The average Bonchev–Trinajstić information content (AvgIpc) is 2.93. The molecule has 150 valence electrons. The number of likely N-dealkylation sites (tertiary alicyclic amines) is 1. The van der Waals surface area contributed by atoms with E-state index in [1.807, 2.05) is 18.2 Å². The van der Waals surface area contributed by atoms with Crippen LogP contribution in [0.2, 0.25) is 5.02 Å². The number of hydrogen-bond acceptors (Lipinski definition) is 6. The highest BCUT2D eigenvalue weighted by Crippen LogP contribution is 2.34. The van der Waals surface area contributed by atoms with Crippen LogP contribution in [0.5, 0.6) is 0 Å². The number of halogens is 1. The first-order valence-electron chi connectivity index (χ1n) is 9.02. The zero-order valence-corrected chi connectivity index (χ0v) is 16.3. The molecule has 0 unspecified atom stereocenters. The number of imide groups is 1. The fraction of sp³-hybridized carbons (Fsp3) is 0.350. The van der Waals surface area contributed by atoms with E-state index in [1.165, 1.54) is 25.1 Å². The fourth-order valence-corrected chi connectivity index (χ4v) is 3.59. The fourth-order valence-electron chi connectivity index (χ4n) is 3.37. The number of hydrogen-bond donors (Lipinski definition) is 1. The Kier molecular flexibility index (Phi) is 5.99. The highest BCUT2D eigenvalue weighted by atomic mass is 35.5. The van der Waals surface area contributed by atoms with Crippen LogP contribution in [0.25, 0.3) is 0 Å². The van der Waals surface area contributed by atoms with Crippen LogP contribution in [0.1, 0.15) is 25.3 Å². The minimum Gasteiger partial charge on any atom is -0.451 e. The van der Waals surface area contributed by atoms with Crippen LogP contribution in [0.3, 0.4) is 0 Å². The summed E-state index contributed by atoms with van der Waals surface area (Å²) in [5, 5.41) is 11.6. The Morgan fingerprint density at radius 2 is 1.90 bits per heavy atom. The van der Waals surface area contributed by atoms with Gasteiger partial charge in [-0.2, -0.15) is 5.26 Å². The van der Waals surface area contributed by atoms with Crippen LogP contribution in [0, 0.1) is 23.2 Å². The molecule has 1 aliphatic heterocycles. The molecule has 0 saturated carbocycles. The maximum Gasteiger partial charge on any atom is 0.326 e. The normalized spacial score (nSPS) is 21.3. The quantitative estimate of drug-likeness (QED) is 0.446.